The number of halogens is 2. The molecule has 0 saturated heterocycles. The van der Waals surface area contributed by atoms with Crippen molar-refractivity contribution < 1.29 is 9.13 Å². The minimum Gasteiger partial charge on any atom is -0.487 e. The van der Waals surface area contributed by atoms with Gasteiger partial charge in [0.1, 0.15) is 18.2 Å². The number of benzene rings is 2. The van der Waals surface area contributed by atoms with Gasteiger partial charge in [0.25, 0.3) is 0 Å². The molecule has 30 heavy (non-hydrogen) atoms. The van der Waals surface area contributed by atoms with E-state index < -0.39 is 0 Å². The average molecular weight is 520 g/mol. The summed E-state index contributed by atoms with van der Waals surface area (Å²) in [4.78, 5) is 8.48. The van der Waals surface area contributed by atoms with E-state index in [1.54, 1.807) is 25.4 Å². The number of aromatic nitrogens is 1. The third-order valence-electron chi connectivity index (χ3n) is 4.34. The molecule has 158 valence electrons. The van der Waals surface area contributed by atoms with Crippen LogP contribution in [-0.4, -0.2) is 24.5 Å². The largest absolute Gasteiger partial charge is 0.487 e. The van der Waals surface area contributed by atoms with Crippen molar-refractivity contribution in [2.75, 3.05) is 13.6 Å². The molecule has 7 heteroatoms. The zero-order valence-electron chi connectivity index (χ0n) is 16.8. The lowest BCUT2D eigenvalue weighted by atomic mass is 10.1. The number of nitrogens with zero attached hydrogens (tertiary/aromatic N) is 2. The van der Waals surface area contributed by atoms with Gasteiger partial charge in [-0.05, 0) is 53.9 Å². The third-order valence-corrected chi connectivity index (χ3v) is 4.34. The Hall–Kier alpha value is -2.68. The van der Waals surface area contributed by atoms with Crippen molar-refractivity contribution in [3.8, 4) is 5.75 Å². The van der Waals surface area contributed by atoms with E-state index in [0.717, 1.165) is 35.0 Å². The van der Waals surface area contributed by atoms with E-state index in [1.807, 2.05) is 42.5 Å². The second-order valence-electron chi connectivity index (χ2n) is 6.48. The fourth-order valence-electron chi connectivity index (χ4n) is 2.73. The molecule has 0 fully saturated rings. The number of rotatable bonds is 8. The molecule has 2 aromatic carbocycles. The van der Waals surface area contributed by atoms with E-state index in [1.165, 1.54) is 12.1 Å². The van der Waals surface area contributed by atoms with Crippen molar-refractivity contribution in [1.82, 2.24) is 15.6 Å². The third kappa shape index (κ3) is 7.98. The predicted octanol–water partition coefficient (Wildman–Crippen LogP) is 4.33. The second kappa shape index (κ2) is 12.8. The van der Waals surface area contributed by atoms with Crippen LogP contribution in [0.1, 0.15) is 16.8 Å². The van der Waals surface area contributed by atoms with Gasteiger partial charge < -0.3 is 15.4 Å². The van der Waals surface area contributed by atoms with Crippen molar-refractivity contribution in [1.29, 1.82) is 0 Å². The fourth-order valence-corrected chi connectivity index (χ4v) is 2.73. The summed E-state index contributed by atoms with van der Waals surface area (Å²) in [6.45, 7) is 1.81. The number of pyridine rings is 1. The Labute approximate surface area is 193 Å². The van der Waals surface area contributed by atoms with Crippen LogP contribution >= 0.6 is 24.0 Å². The van der Waals surface area contributed by atoms with Crippen LogP contribution in [0.15, 0.2) is 77.9 Å². The van der Waals surface area contributed by atoms with Crippen LogP contribution in [0.3, 0.4) is 0 Å². The summed E-state index contributed by atoms with van der Waals surface area (Å²) in [5, 5.41) is 6.55. The number of ether oxygens (including phenoxy) is 1. The van der Waals surface area contributed by atoms with Crippen LogP contribution in [0, 0.1) is 5.82 Å². The van der Waals surface area contributed by atoms with E-state index in [2.05, 4.69) is 20.6 Å². The summed E-state index contributed by atoms with van der Waals surface area (Å²) in [5.74, 6) is 1.32. The highest BCUT2D eigenvalue weighted by Gasteiger charge is 2.01. The topological polar surface area (TPSA) is 58.5 Å². The van der Waals surface area contributed by atoms with Gasteiger partial charge >= 0.3 is 0 Å². The first-order valence-corrected chi connectivity index (χ1v) is 9.53. The first-order chi connectivity index (χ1) is 14.2. The van der Waals surface area contributed by atoms with Gasteiger partial charge in [0.2, 0.25) is 0 Å². The number of nitrogens with one attached hydrogen (secondary N) is 2. The summed E-state index contributed by atoms with van der Waals surface area (Å²) >= 11 is 0. The van der Waals surface area contributed by atoms with Crippen LogP contribution in [0.2, 0.25) is 0 Å². The van der Waals surface area contributed by atoms with E-state index in [4.69, 9.17) is 4.74 Å². The zero-order chi connectivity index (χ0) is 20.3. The predicted molar refractivity (Wildman–Crippen MR) is 129 cm³/mol. The monoisotopic (exact) mass is 520 g/mol. The molecule has 0 amide bonds. The van der Waals surface area contributed by atoms with E-state index >= 15 is 0 Å². The van der Waals surface area contributed by atoms with Crippen molar-refractivity contribution in [3.05, 3.63) is 95.6 Å². The number of hydrogen-bond donors (Lipinski definition) is 2. The van der Waals surface area contributed by atoms with Crippen molar-refractivity contribution >= 4 is 29.9 Å². The Kier molecular flexibility index (Phi) is 10.1. The fraction of sp³-hybridized carbons (Fsp3) is 0.217. The van der Waals surface area contributed by atoms with Gasteiger partial charge in [0, 0.05) is 26.3 Å². The van der Waals surface area contributed by atoms with Gasteiger partial charge in [-0.25, -0.2) is 4.39 Å². The van der Waals surface area contributed by atoms with Gasteiger partial charge in [-0.2, -0.15) is 0 Å². The molecule has 0 atom stereocenters. The molecular formula is C23H26FIN4O. The molecule has 0 aliphatic heterocycles. The highest BCUT2D eigenvalue weighted by Crippen LogP contribution is 2.13. The number of guanidine groups is 1. The normalized spacial score (nSPS) is 10.8. The molecule has 0 aliphatic carbocycles. The lowest BCUT2D eigenvalue weighted by Crippen LogP contribution is -2.37. The van der Waals surface area contributed by atoms with Gasteiger partial charge in [-0.15, -0.1) is 24.0 Å². The molecule has 1 aromatic heterocycles. The van der Waals surface area contributed by atoms with Crippen molar-refractivity contribution in [2.24, 2.45) is 4.99 Å². The minimum absolute atomic E-state index is 0. The Morgan fingerprint density at radius 1 is 0.967 bits per heavy atom. The molecule has 0 unspecified atom stereocenters. The standard InChI is InChI=1S/C23H25FN4O.HI/c1-25-23(27-15-13-18-5-9-20(24)10-6-18)28-16-19-7-11-22(12-8-19)29-17-21-4-2-3-14-26-21;/h2-12,14H,13,15-17H2,1H3,(H2,25,27,28);1H. The average Bonchev–Trinajstić information content (AvgIpc) is 2.77. The van der Waals surface area contributed by atoms with Gasteiger partial charge in [0.05, 0.1) is 5.69 Å². The van der Waals surface area contributed by atoms with Crippen LogP contribution in [0.4, 0.5) is 4.39 Å². The first kappa shape index (κ1) is 23.6. The molecule has 2 N–H and O–H groups in total. The van der Waals surface area contributed by atoms with Gasteiger partial charge in [-0.3, -0.25) is 9.98 Å². The number of hydrogen-bond acceptors (Lipinski definition) is 3. The minimum atomic E-state index is -0.215. The molecule has 0 spiro atoms. The van der Waals surface area contributed by atoms with Gasteiger partial charge in [-0.1, -0.05) is 30.3 Å². The lowest BCUT2D eigenvalue weighted by molar-refractivity contribution is 0.301. The van der Waals surface area contributed by atoms with Crippen LogP contribution < -0.4 is 15.4 Å². The summed E-state index contributed by atoms with van der Waals surface area (Å²) in [7, 11) is 1.74. The Morgan fingerprint density at radius 3 is 2.37 bits per heavy atom. The summed E-state index contributed by atoms with van der Waals surface area (Å²) in [5.41, 5.74) is 3.10. The summed E-state index contributed by atoms with van der Waals surface area (Å²) in [6, 6.07) is 20.3. The second-order valence-corrected chi connectivity index (χ2v) is 6.48. The maximum Gasteiger partial charge on any atom is 0.191 e. The maximum atomic E-state index is 12.9. The molecule has 3 aromatic rings. The SMILES string of the molecule is CN=C(NCCc1ccc(F)cc1)NCc1ccc(OCc2ccccn2)cc1.I. The van der Waals surface area contributed by atoms with E-state index in [0.29, 0.717) is 19.7 Å². The maximum absolute atomic E-state index is 12.9. The summed E-state index contributed by atoms with van der Waals surface area (Å²) < 4.78 is 18.7. The van der Waals surface area contributed by atoms with Crippen LogP contribution in [0.5, 0.6) is 5.75 Å². The zero-order valence-corrected chi connectivity index (χ0v) is 19.2. The van der Waals surface area contributed by atoms with Crippen LogP contribution in [-0.2, 0) is 19.6 Å². The Morgan fingerprint density at radius 2 is 1.70 bits per heavy atom. The quantitative estimate of drug-likeness (QED) is 0.264. The molecule has 0 radical (unpaired) electrons. The Balaban J connectivity index is 0.00000320. The molecule has 0 aliphatic rings. The van der Waals surface area contributed by atoms with Crippen molar-refractivity contribution in [3.63, 3.8) is 0 Å². The van der Waals surface area contributed by atoms with E-state index in [9.17, 15) is 4.39 Å². The molecule has 5 nitrogen and oxygen atoms in total. The van der Waals surface area contributed by atoms with Crippen LogP contribution in [0.25, 0.3) is 0 Å². The highest BCUT2D eigenvalue weighted by atomic mass is 127. The highest BCUT2D eigenvalue weighted by molar-refractivity contribution is 14.0. The number of aliphatic imine (C=N–C) groups is 1. The molecule has 3 rings (SSSR count). The van der Waals surface area contributed by atoms with Gasteiger partial charge in [0.15, 0.2) is 5.96 Å². The van der Waals surface area contributed by atoms with E-state index in [-0.39, 0.29) is 29.8 Å². The first-order valence-electron chi connectivity index (χ1n) is 9.53. The Bertz CT molecular complexity index is 903. The molecular weight excluding hydrogens is 494 g/mol. The molecule has 1 heterocycles. The lowest BCUT2D eigenvalue weighted by Gasteiger charge is -2.12. The molecule has 0 bridgehead atoms. The van der Waals surface area contributed by atoms with Crippen molar-refractivity contribution in [2.45, 2.75) is 19.6 Å². The molecule has 0 saturated carbocycles. The summed E-state index contributed by atoms with van der Waals surface area (Å²) in [6.07, 6.45) is 2.55. The smallest absolute Gasteiger partial charge is 0.191 e.